The molecule has 0 radical (unpaired) electrons. The lowest BCUT2D eigenvalue weighted by atomic mass is 10.1. The number of thiophene rings is 1. The van der Waals surface area contributed by atoms with Crippen molar-refractivity contribution in [1.29, 1.82) is 0 Å². The van der Waals surface area contributed by atoms with E-state index in [-0.39, 0.29) is 11.7 Å². The van der Waals surface area contributed by atoms with E-state index in [1.165, 1.54) is 11.3 Å². The van der Waals surface area contributed by atoms with Crippen molar-refractivity contribution in [2.45, 2.75) is 27.2 Å². The Morgan fingerprint density at radius 1 is 1.55 bits per heavy atom. The van der Waals surface area contributed by atoms with Crippen LogP contribution in [0, 0.1) is 12.8 Å². The van der Waals surface area contributed by atoms with Crippen molar-refractivity contribution in [2.75, 3.05) is 17.6 Å². The molecular formula is C13H18N4O2S. The smallest absolute Gasteiger partial charge is 0.223 e. The molecule has 2 rings (SSSR count). The van der Waals surface area contributed by atoms with Gasteiger partial charge in [-0.2, -0.15) is 4.98 Å². The number of rotatable bonds is 6. The zero-order chi connectivity index (χ0) is 14.7. The molecule has 20 heavy (non-hydrogen) atoms. The molecule has 0 aliphatic rings. The number of carbonyl (C=O) groups excluding carboxylic acids is 1. The summed E-state index contributed by atoms with van der Waals surface area (Å²) in [5, 5.41) is 7.92. The average Bonchev–Trinajstić information content (AvgIpc) is 2.95. The topological polar surface area (TPSA) is 94.0 Å². The normalized spacial score (nSPS) is 11.0. The molecule has 2 aromatic rings. The van der Waals surface area contributed by atoms with E-state index < -0.39 is 0 Å². The van der Waals surface area contributed by atoms with Gasteiger partial charge in [-0.25, -0.2) is 0 Å². The molecule has 0 unspecified atom stereocenters. The third-order valence-electron chi connectivity index (χ3n) is 2.73. The average molecular weight is 294 g/mol. The van der Waals surface area contributed by atoms with Gasteiger partial charge in [0.15, 0.2) is 11.6 Å². The fourth-order valence-electron chi connectivity index (χ4n) is 1.69. The Kier molecular flexibility index (Phi) is 4.39. The summed E-state index contributed by atoms with van der Waals surface area (Å²) in [7, 11) is 0. The minimum absolute atomic E-state index is 0.0499. The van der Waals surface area contributed by atoms with Gasteiger partial charge >= 0.3 is 0 Å². The summed E-state index contributed by atoms with van der Waals surface area (Å²) in [4.78, 5) is 16.7. The van der Waals surface area contributed by atoms with Crippen molar-refractivity contribution in [2.24, 2.45) is 5.92 Å². The maximum Gasteiger partial charge on any atom is 0.223 e. The number of aromatic nitrogens is 2. The fourth-order valence-corrected chi connectivity index (χ4v) is 2.78. The van der Waals surface area contributed by atoms with E-state index in [0.29, 0.717) is 35.2 Å². The van der Waals surface area contributed by atoms with Crippen LogP contribution in [0.4, 0.5) is 10.7 Å². The van der Waals surface area contributed by atoms with E-state index >= 15 is 0 Å². The van der Waals surface area contributed by atoms with E-state index in [1.54, 1.807) is 13.0 Å². The molecule has 0 spiro atoms. The summed E-state index contributed by atoms with van der Waals surface area (Å²) in [6, 6.07) is 1.79. The minimum atomic E-state index is -0.0499. The van der Waals surface area contributed by atoms with Crippen molar-refractivity contribution >= 4 is 27.8 Å². The van der Waals surface area contributed by atoms with Gasteiger partial charge in [-0.1, -0.05) is 19.0 Å². The SMILES string of the molecule is Cc1nc(CCNc2cc(N)c(C(=O)C(C)C)s2)no1. The van der Waals surface area contributed by atoms with Crippen molar-refractivity contribution in [3.05, 3.63) is 22.7 Å². The Hall–Kier alpha value is -1.89. The van der Waals surface area contributed by atoms with Crippen LogP contribution in [-0.2, 0) is 6.42 Å². The Labute approximate surface area is 121 Å². The molecule has 0 atom stereocenters. The molecule has 108 valence electrons. The first kappa shape index (κ1) is 14.5. The Morgan fingerprint density at radius 2 is 2.30 bits per heavy atom. The van der Waals surface area contributed by atoms with Crippen molar-refractivity contribution in [3.8, 4) is 0 Å². The molecule has 0 saturated carbocycles. The molecule has 0 aliphatic carbocycles. The maximum absolute atomic E-state index is 11.9. The summed E-state index contributed by atoms with van der Waals surface area (Å²) in [6.07, 6.45) is 0.655. The Balaban J connectivity index is 1.94. The second-order valence-corrected chi connectivity index (χ2v) is 5.87. The van der Waals surface area contributed by atoms with Gasteiger partial charge in [0.1, 0.15) is 0 Å². The number of anilines is 2. The van der Waals surface area contributed by atoms with Crippen LogP contribution >= 0.6 is 11.3 Å². The van der Waals surface area contributed by atoms with Crippen LogP contribution in [0.15, 0.2) is 10.6 Å². The lowest BCUT2D eigenvalue weighted by molar-refractivity contribution is 0.0944. The standard InChI is InChI=1S/C13H18N4O2S/c1-7(2)12(18)13-9(14)6-11(20-13)15-5-4-10-16-8(3)19-17-10/h6-7,15H,4-5,14H2,1-3H3. The molecule has 0 amide bonds. The third-order valence-corrected chi connectivity index (χ3v) is 3.85. The monoisotopic (exact) mass is 294 g/mol. The predicted molar refractivity (Wildman–Crippen MR) is 79.1 cm³/mol. The molecule has 0 saturated heterocycles. The van der Waals surface area contributed by atoms with E-state index in [9.17, 15) is 4.79 Å². The Bertz CT molecular complexity index is 603. The fraction of sp³-hybridized carbons (Fsp3) is 0.462. The van der Waals surface area contributed by atoms with E-state index in [0.717, 1.165) is 5.00 Å². The molecule has 3 N–H and O–H groups in total. The van der Waals surface area contributed by atoms with Crippen LogP contribution in [0.3, 0.4) is 0 Å². The van der Waals surface area contributed by atoms with Crippen LogP contribution in [-0.4, -0.2) is 22.5 Å². The third kappa shape index (κ3) is 3.36. The minimum Gasteiger partial charge on any atom is -0.397 e. The molecule has 0 fully saturated rings. The highest BCUT2D eigenvalue weighted by molar-refractivity contribution is 7.18. The van der Waals surface area contributed by atoms with Crippen molar-refractivity contribution < 1.29 is 9.32 Å². The van der Waals surface area contributed by atoms with Gasteiger partial charge in [-0.3, -0.25) is 4.79 Å². The van der Waals surface area contributed by atoms with E-state index in [1.807, 2.05) is 13.8 Å². The number of hydrogen-bond donors (Lipinski definition) is 2. The highest BCUT2D eigenvalue weighted by Crippen LogP contribution is 2.31. The van der Waals surface area contributed by atoms with Gasteiger partial charge in [0.05, 0.1) is 15.6 Å². The number of Topliss-reactive ketones (excluding diaryl/α,β-unsaturated/α-hetero) is 1. The number of nitrogens with one attached hydrogen (secondary N) is 1. The highest BCUT2D eigenvalue weighted by Gasteiger charge is 2.17. The first-order valence-electron chi connectivity index (χ1n) is 6.44. The lowest BCUT2D eigenvalue weighted by Crippen LogP contribution is -2.07. The summed E-state index contributed by atoms with van der Waals surface area (Å²) >= 11 is 1.39. The van der Waals surface area contributed by atoms with Gasteiger partial charge in [-0.05, 0) is 6.07 Å². The van der Waals surface area contributed by atoms with Gasteiger partial charge in [0.2, 0.25) is 5.89 Å². The molecular weight excluding hydrogens is 276 g/mol. The second-order valence-electron chi connectivity index (χ2n) is 4.82. The lowest BCUT2D eigenvalue weighted by Gasteiger charge is -2.01. The second kappa shape index (κ2) is 6.04. The molecule has 2 heterocycles. The number of nitrogens with two attached hydrogens (primary N) is 1. The zero-order valence-corrected chi connectivity index (χ0v) is 12.6. The molecule has 0 bridgehead atoms. The number of hydrogen-bond acceptors (Lipinski definition) is 7. The summed E-state index contributed by atoms with van der Waals surface area (Å²) in [5.41, 5.74) is 6.41. The quantitative estimate of drug-likeness (QED) is 0.795. The first-order chi connectivity index (χ1) is 9.47. The molecule has 0 aliphatic heterocycles. The maximum atomic E-state index is 11.9. The zero-order valence-electron chi connectivity index (χ0n) is 11.8. The van der Waals surface area contributed by atoms with Gasteiger partial charge in [0, 0.05) is 25.8 Å². The number of nitrogens with zero attached hydrogens (tertiary/aromatic N) is 2. The highest BCUT2D eigenvalue weighted by atomic mass is 32.1. The molecule has 7 heteroatoms. The van der Waals surface area contributed by atoms with Crippen LogP contribution in [0.2, 0.25) is 0 Å². The van der Waals surface area contributed by atoms with E-state index in [4.69, 9.17) is 10.3 Å². The predicted octanol–water partition coefficient (Wildman–Crippen LogP) is 2.52. The number of aryl methyl sites for hydroxylation is 1. The van der Waals surface area contributed by atoms with Gasteiger partial charge in [-0.15, -0.1) is 11.3 Å². The summed E-state index contributed by atoms with van der Waals surface area (Å²) in [6.45, 7) is 6.16. The number of nitrogen functional groups attached to an aromatic ring is 1. The summed E-state index contributed by atoms with van der Waals surface area (Å²) < 4.78 is 4.90. The molecule has 6 nitrogen and oxygen atoms in total. The van der Waals surface area contributed by atoms with Crippen molar-refractivity contribution in [3.63, 3.8) is 0 Å². The first-order valence-corrected chi connectivity index (χ1v) is 7.25. The van der Waals surface area contributed by atoms with Crippen LogP contribution in [0.25, 0.3) is 0 Å². The van der Waals surface area contributed by atoms with Crippen molar-refractivity contribution in [1.82, 2.24) is 10.1 Å². The van der Waals surface area contributed by atoms with Crippen LogP contribution in [0.5, 0.6) is 0 Å². The number of ketones is 1. The summed E-state index contributed by atoms with van der Waals surface area (Å²) in [5.74, 6) is 1.25. The number of carbonyl (C=O) groups is 1. The van der Waals surface area contributed by atoms with Gasteiger partial charge < -0.3 is 15.6 Å². The Morgan fingerprint density at radius 3 is 2.90 bits per heavy atom. The van der Waals surface area contributed by atoms with Crippen LogP contribution in [0.1, 0.15) is 35.2 Å². The molecule has 2 aromatic heterocycles. The van der Waals surface area contributed by atoms with Crippen LogP contribution < -0.4 is 11.1 Å². The van der Waals surface area contributed by atoms with Gasteiger partial charge in [0.25, 0.3) is 0 Å². The van der Waals surface area contributed by atoms with E-state index in [2.05, 4.69) is 15.5 Å². The molecule has 0 aromatic carbocycles. The largest absolute Gasteiger partial charge is 0.397 e.